The molecule has 0 bridgehead atoms. The third-order valence-electron chi connectivity index (χ3n) is 2.01. The van der Waals surface area contributed by atoms with E-state index in [4.69, 9.17) is 28.5 Å². The van der Waals surface area contributed by atoms with E-state index in [0.29, 0.717) is 27.1 Å². The molecule has 0 spiro atoms. The monoisotopic (exact) mass is 264 g/mol. The highest BCUT2D eigenvalue weighted by molar-refractivity contribution is 6.35. The number of hydrogen-bond donors (Lipinski definition) is 1. The summed E-state index contributed by atoms with van der Waals surface area (Å²) in [4.78, 5) is 7.73. The predicted octanol–water partition coefficient (Wildman–Crippen LogP) is 3.40. The fourth-order valence-corrected chi connectivity index (χ4v) is 1.57. The van der Waals surface area contributed by atoms with E-state index in [0.717, 1.165) is 0 Å². The minimum Gasteiger partial charge on any atom is -0.338 e. The highest BCUT2D eigenvalue weighted by Gasteiger charge is 2.06. The number of anilines is 2. The molecule has 1 heterocycles. The van der Waals surface area contributed by atoms with Gasteiger partial charge in [-0.25, -0.2) is 9.97 Å². The van der Waals surface area contributed by atoms with E-state index in [9.17, 15) is 0 Å². The zero-order chi connectivity index (χ0) is 12.3. The van der Waals surface area contributed by atoms with Gasteiger partial charge in [0.25, 0.3) is 0 Å². The maximum Gasteiger partial charge on any atom is 0.151 e. The predicted molar refractivity (Wildman–Crippen MR) is 66.5 cm³/mol. The minimum absolute atomic E-state index is 0.337. The van der Waals surface area contributed by atoms with Crippen LogP contribution in [-0.2, 0) is 0 Å². The van der Waals surface area contributed by atoms with Crippen LogP contribution in [0.25, 0.3) is 0 Å². The Hall–Kier alpha value is -1.83. The molecule has 0 unspecified atom stereocenters. The lowest BCUT2D eigenvalue weighted by Crippen LogP contribution is -1.98. The van der Waals surface area contributed by atoms with Crippen molar-refractivity contribution in [2.24, 2.45) is 0 Å². The summed E-state index contributed by atoms with van der Waals surface area (Å²) < 4.78 is 0. The van der Waals surface area contributed by atoms with E-state index in [1.807, 2.05) is 6.07 Å². The van der Waals surface area contributed by atoms with Crippen LogP contribution in [0.2, 0.25) is 10.0 Å². The Morgan fingerprint density at radius 1 is 1.29 bits per heavy atom. The van der Waals surface area contributed by atoms with Gasteiger partial charge >= 0.3 is 0 Å². The standard InChI is InChI=1S/C11H6Cl2N4/c12-8-1-2-9(13)10(3-8)17-11-7(4-14)5-15-6-16-11/h1-3,5-6H,(H,15,16,17). The number of benzene rings is 1. The normalized spacial score (nSPS) is 9.71. The van der Waals surface area contributed by atoms with E-state index in [2.05, 4.69) is 15.3 Å². The Morgan fingerprint density at radius 2 is 2.12 bits per heavy atom. The minimum atomic E-state index is 0.337. The molecule has 0 aliphatic carbocycles. The first kappa shape index (κ1) is 11.6. The molecule has 0 amide bonds. The maximum absolute atomic E-state index is 8.89. The van der Waals surface area contributed by atoms with Crippen molar-refractivity contribution in [1.82, 2.24) is 9.97 Å². The quantitative estimate of drug-likeness (QED) is 0.903. The van der Waals surface area contributed by atoms with Gasteiger partial charge in [0, 0.05) is 5.02 Å². The molecule has 0 radical (unpaired) electrons. The largest absolute Gasteiger partial charge is 0.338 e. The van der Waals surface area contributed by atoms with Gasteiger partial charge in [0.05, 0.1) is 16.9 Å². The number of nitriles is 1. The molecule has 0 aliphatic heterocycles. The lowest BCUT2D eigenvalue weighted by molar-refractivity contribution is 1.15. The van der Waals surface area contributed by atoms with Crippen molar-refractivity contribution >= 4 is 34.7 Å². The Labute approximate surface area is 108 Å². The van der Waals surface area contributed by atoms with Crippen molar-refractivity contribution in [3.8, 4) is 6.07 Å². The lowest BCUT2D eigenvalue weighted by atomic mass is 10.3. The summed E-state index contributed by atoms with van der Waals surface area (Å²) in [5, 5.41) is 12.9. The second-order valence-corrected chi connectivity index (χ2v) is 3.99. The highest BCUT2D eigenvalue weighted by atomic mass is 35.5. The van der Waals surface area contributed by atoms with Gasteiger partial charge in [-0.3, -0.25) is 0 Å². The molecule has 1 aromatic carbocycles. The second-order valence-electron chi connectivity index (χ2n) is 3.15. The summed E-state index contributed by atoms with van der Waals surface area (Å²) in [5.74, 6) is 0.395. The zero-order valence-corrected chi connectivity index (χ0v) is 10.00. The third kappa shape index (κ3) is 2.64. The zero-order valence-electron chi connectivity index (χ0n) is 8.48. The topological polar surface area (TPSA) is 61.6 Å². The van der Waals surface area contributed by atoms with E-state index < -0.39 is 0 Å². The highest BCUT2D eigenvalue weighted by Crippen LogP contribution is 2.28. The lowest BCUT2D eigenvalue weighted by Gasteiger charge is -2.08. The third-order valence-corrected chi connectivity index (χ3v) is 2.58. The number of halogens is 2. The maximum atomic E-state index is 8.89. The van der Waals surface area contributed by atoms with Crippen molar-refractivity contribution in [1.29, 1.82) is 5.26 Å². The Bertz CT molecular complexity index is 592. The molecule has 0 aliphatic rings. The van der Waals surface area contributed by atoms with Crippen molar-refractivity contribution < 1.29 is 0 Å². The molecule has 84 valence electrons. The van der Waals surface area contributed by atoms with Crippen molar-refractivity contribution in [3.05, 3.63) is 46.3 Å². The van der Waals surface area contributed by atoms with Gasteiger partial charge in [-0.15, -0.1) is 0 Å². The summed E-state index contributed by atoms with van der Waals surface area (Å²) >= 11 is 11.9. The van der Waals surface area contributed by atoms with Crippen LogP contribution in [0.3, 0.4) is 0 Å². The Kier molecular flexibility index (Phi) is 3.43. The molecule has 2 aromatic rings. The number of aromatic nitrogens is 2. The van der Waals surface area contributed by atoms with Crippen LogP contribution < -0.4 is 5.32 Å². The van der Waals surface area contributed by atoms with Crippen molar-refractivity contribution in [3.63, 3.8) is 0 Å². The molecule has 0 saturated heterocycles. The van der Waals surface area contributed by atoms with Crippen LogP contribution in [0.1, 0.15) is 5.56 Å². The van der Waals surface area contributed by atoms with Crippen LogP contribution in [0.15, 0.2) is 30.7 Å². The fourth-order valence-electron chi connectivity index (χ4n) is 1.23. The van der Waals surface area contributed by atoms with Crippen molar-refractivity contribution in [2.75, 3.05) is 5.32 Å². The first-order chi connectivity index (χ1) is 8.20. The van der Waals surface area contributed by atoms with Gasteiger partial charge in [0.15, 0.2) is 5.82 Å². The summed E-state index contributed by atoms with van der Waals surface area (Å²) in [7, 11) is 0. The number of hydrogen-bond acceptors (Lipinski definition) is 4. The molecular weight excluding hydrogens is 259 g/mol. The van der Waals surface area contributed by atoms with Crippen LogP contribution in [0, 0.1) is 11.3 Å². The average Bonchev–Trinajstić information content (AvgIpc) is 2.34. The van der Waals surface area contributed by atoms with Crippen LogP contribution in [-0.4, -0.2) is 9.97 Å². The molecule has 1 N–H and O–H groups in total. The molecule has 2 rings (SSSR count). The fraction of sp³-hybridized carbons (Fsp3) is 0. The van der Waals surface area contributed by atoms with E-state index in [1.165, 1.54) is 12.5 Å². The van der Waals surface area contributed by atoms with Gasteiger partial charge in [0.1, 0.15) is 18.0 Å². The van der Waals surface area contributed by atoms with Crippen LogP contribution >= 0.6 is 23.2 Å². The summed E-state index contributed by atoms with van der Waals surface area (Å²) in [6, 6.07) is 6.99. The van der Waals surface area contributed by atoms with E-state index >= 15 is 0 Å². The number of nitrogens with one attached hydrogen (secondary N) is 1. The van der Waals surface area contributed by atoms with Crippen LogP contribution in [0.5, 0.6) is 0 Å². The van der Waals surface area contributed by atoms with Gasteiger partial charge in [-0.2, -0.15) is 5.26 Å². The second kappa shape index (κ2) is 5.00. The van der Waals surface area contributed by atoms with Gasteiger partial charge < -0.3 is 5.32 Å². The number of nitrogens with zero attached hydrogens (tertiary/aromatic N) is 3. The molecule has 17 heavy (non-hydrogen) atoms. The molecule has 1 aromatic heterocycles. The molecule has 0 fully saturated rings. The van der Waals surface area contributed by atoms with Gasteiger partial charge in [0.2, 0.25) is 0 Å². The summed E-state index contributed by atoms with van der Waals surface area (Å²) in [6.07, 6.45) is 2.77. The first-order valence-electron chi connectivity index (χ1n) is 4.63. The van der Waals surface area contributed by atoms with Gasteiger partial charge in [-0.1, -0.05) is 23.2 Å². The smallest absolute Gasteiger partial charge is 0.151 e. The van der Waals surface area contributed by atoms with Crippen LogP contribution in [0.4, 0.5) is 11.5 Å². The van der Waals surface area contributed by atoms with Crippen molar-refractivity contribution in [2.45, 2.75) is 0 Å². The average molecular weight is 265 g/mol. The Morgan fingerprint density at radius 3 is 2.88 bits per heavy atom. The molecular formula is C11H6Cl2N4. The molecule has 4 nitrogen and oxygen atoms in total. The SMILES string of the molecule is N#Cc1cncnc1Nc1cc(Cl)ccc1Cl. The van der Waals surface area contributed by atoms with E-state index in [1.54, 1.807) is 18.2 Å². The number of rotatable bonds is 2. The first-order valence-corrected chi connectivity index (χ1v) is 5.38. The summed E-state index contributed by atoms with van der Waals surface area (Å²) in [6.45, 7) is 0. The van der Waals surface area contributed by atoms with Gasteiger partial charge in [-0.05, 0) is 18.2 Å². The molecule has 6 heteroatoms. The molecule has 0 saturated carbocycles. The Balaban J connectivity index is 2.38. The van der Waals surface area contributed by atoms with E-state index in [-0.39, 0.29) is 0 Å². The summed E-state index contributed by atoms with van der Waals surface area (Å²) in [5.41, 5.74) is 0.929. The molecule has 0 atom stereocenters.